The van der Waals surface area contributed by atoms with Crippen LogP contribution in [0.1, 0.15) is 47.0 Å². The summed E-state index contributed by atoms with van der Waals surface area (Å²) in [6.07, 6.45) is 3.01. The molecule has 0 N–H and O–H groups in total. The number of rotatable bonds is 6. The Morgan fingerprint density at radius 1 is 1.35 bits per heavy atom. The van der Waals surface area contributed by atoms with Crippen molar-refractivity contribution in [1.29, 1.82) is 0 Å². The summed E-state index contributed by atoms with van der Waals surface area (Å²) in [4.78, 5) is 14.6. The van der Waals surface area contributed by atoms with Gasteiger partial charge in [-0.1, -0.05) is 26.7 Å². The smallest absolute Gasteiger partial charge is 0.152 e. The van der Waals surface area contributed by atoms with Crippen LogP contribution in [0.4, 0.5) is 0 Å². The lowest BCUT2D eigenvalue weighted by Crippen LogP contribution is -2.54. The Morgan fingerprint density at radius 3 is 2.47 bits per heavy atom. The molecule has 0 aromatic rings. The zero-order chi connectivity index (χ0) is 12.9. The van der Waals surface area contributed by atoms with E-state index < -0.39 is 0 Å². The van der Waals surface area contributed by atoms with Gasteiger partial charge in [-0.2, -0.15) is 0 Å². The molecule has 0 saturated carbocycles. The van der Waals surface area contributed by atoms with E-state index in [-0.39, 0.29) is 5.54 Å². The zero-order valence-corrected chi connectivity index (χ0v) is 11.8. The van der Waals surface area contributed by atoms with Gasteiger partial charge in [-0.25, -0.2) is 0 Å². The fourth-order valence-corrected chi connectivity index (χ4v) is 2.46. The van der Waals surface area contributed by atoms with Crippen molar-refractivity contribution in [3.05, 3.63) is 0 Å². The number of carbonyl (C=O) groups is 1. The van der Waals surface area contributed by atoms with E-state index in [1.165, 1.54) is 0 Å². The molecule has 1 aliphatic heterocycles. The summed E-state index contributed by atoms with van der Waals surface area (Å²) in [5.41, 5.74) is -0.328. The van der Waals surface area contributed by atoms with Gasteiger partial charge in [-0.05, 0) is 19.8 Å². The van der Waals surface area contributed by atoms with E-state index in [1.54, 1.807) is 0 Å². The van der Waals surface area contributed by atoms with Crippen LogP contribution < -0.4 is 0 Å². The topological polar surface area (TPSA) is 29.5 Å². The van der Waals surface area contributed by atoms with Crippen LogP contribution in [0.5, 0.6) is 0 Å². The van der Waals surface area contributed by atoms with Gasteiger partial charge in [0.05, 0.1) is 18.8 Å². The maximum absolute atomic E-state index is 12.4. The Bertz CT molecular complexity index is 245. The van der Waals surface area contributed by atoms with Crippen LogP contribution in [0.25, 0.3) is 0 Å². The highest BCUT2D eigenvalue weighted by molar-refractivity contribution is 5.87. The van der Waals surface area contributed by atoms with E-state index in [0.29, 0.717) is 18.1 Å². The highest BCUT2D eigenvalue weighted by Gasteiger charge is 2.35. The minimum atomic E-state index is -0.328. The predicted octanol–water partition coefficient (Wildman–Crippen LogP) is 2.49. The zero-order valence-electron chi connectivity index (χ0n) is 11.8. The van der Waals surface area contributed by atoms with Crippen LogP contribution in [0.15, 0.2) is 0 Å². The van der Waals surface area contributed by atoms with E-state index in [1.807, 2.05) is 0 Å². The van der Waals surface area contributed by atoms with Gasteiger partial charge in [0.2, 0.25) is 0 Å². The molecule has 1 fully saturated rings. The van der Waals surface area contributed by atoms with E-state index in [4.69, 9.17) is 4.74 Å². The van der Waals surface area contributed by atoms with Crippen molar-refractivity contribution in [3.8, 4) is 0 Å². The Balaban J connectivity index is 2.52. The number of hydrogen-bond acceptors (Lipinski definition) is 3. The lowest BCUT2D eigenvalue weighted by molar-refractivity contribution is -0.133. The Morgan fingerprint density at radius 2 is 1.94 bits per heavy atom. The Hall–Kier alpha value is -0.410. The van der Waals surface area contributed by atoms with Crippen molar-refractivity contribution in [1.82, 2.24) is 4.90 Å². The molecule has 0 aliphatic carbocycles. The fourth-order valence-electron chi connectivity index (χ4n) is 2.46. The molecule has 0 aromatic carbocycles. The Labute approximate surface area is 106 Å². The molecule has 0 bridgehead atoms. The van der Waals surface area contributed by atoms with Crippen LogP contribution in [-0.2, 0) is 9.53 Å². The molecule has 1 heterocycles. The van der Waals surface area contributed by atoms with Crippen molar-refractivity contribution in [2.75, 3.05) is 26.3 Å². The quantitative estimate of drug-likeness (QED) is 0.715. The van der Waals surface area contributed by atoms with Crippen LogP contribution in [0, 0.1) is 5.92 Å². The summed E-state index contributed by atoms with van der Waals surface area (Å²) in [5, 5.41) is 0. The largest absolute Gasteiger partial charge is 0.379 e. The van der Waals surface area contributed by atoms with Gasteiger partial charge < -0.3 is 4.74 Å². The first-order valence-electron chi connectivity index (χ1n) is 6.84. The summed E-state index contributed by atoms with van der Waals surface area (Å²) < 4.78 is 5.34. The molecule has 1 unspecified atom stereocenters. The minimum Gasteiger partial charge on any atom is -0.379 e. The molecule has 3 nitrogen and oxygen atoms in total. The first-order valence-corrected chi connectivity index (χ1v) is 6.84. The van der Waals surface area contributed by atoms with E-state index in [2.05, 4.69) is 32.6 Å². The van der Waals surface area contributed by atoms with Gasteiger partial charge in [0.25, 0.3) is 0 Å². The van der Waals surface area contributed by atoms with Gasteiger partial charge in [-0.3, -0.25) is 9.69 Å². The second-order valence-electron chi connectivity index (χ2n) is 5.68. The van der Waals surface area contributed by atoms with Gasteiger partial charge in [-0.15, -0.1) is 0 Å². The molecule has 1 atom stereocenters. The molecule has 3 heteroatoms. The van der Waals surface area contributed by atoms with Crippen LogP contribution >= 0.6 is 0 Å². The average Bonchev–Trinajstić information content (AvgIpc) is 2.30. The summed E-state index contributed by atoms with van der Waals surface area (Å²) >= 11 is 0. The highest BCUT2D eigenvalue weighted by atomic mass is 16.5. The van der Waals surface area contributed by atoms with Crippen LogP contribution in [-0.4, -0.2) is 42.5 Å². The third-order valence-electron chi connectivity index (χ3n) is 3.80. The standard InChI is InChI=1S/C14H27NO2/c1-5-6-12(2)11-13(16)14(3,4)15-7-9-17-10-8-15/h12H,5-11H2,1-4H3. The van der Waals surface area contributed by atoms with Crippen LogP contribution in [0.2, 0.25) is 0 Å². The number of hydrogen-bond donors (Lipinski definition) is 0. The third-order valence-corrected chi connectivity index (χ3v) is 3.80. The summed E-state index contributed by atoms with van der Waals surface area (Å²) in [6.45, 7) is 11.7. The molecule has 100 valence electrons. The van der Waals surface area contributed by atoms with Gasteiger partial charge in [0, 0.05) is 19.5 Å². The maximum atomic E-state index is 12.4. The van der Waals surface area contributed by atoms with E-state index in [9.17, 15) is 4.79 Å². The summed E-state index contributed by atoms with van der Waals surface area (Å²) in [6, 6.07) is 0. The lowest BCUT2D eigenvalue weighted by Gasteiger charge is -2.40. The van der Waals surface area contributed by atoms with Crippen molar-refractivity contribution in [2.24, 2.45) is 5.92 Å². The van der Waals surface area contributed by atoms with Crippen LogP contribution in [0.3, 0.4) is 0 Å². The molecular weight excluding hydrogens is 214 g/mol. The Kier molecular flexibility index (Phi) is 5.60. The molecule has 1 rings (SSSR count). The first kappa shape index (κ1) is 14.7. The number of carbonyl (C=O) groups excluding carboxylic acids is 1. The molecule has 0 aromatic heterocycles. The molecule has 1 saturated heterocycles. The minimum absolute atomic E-state index is 0.328. The highest BCUT2D eigenvalue weighted by Crippen LogP contribution is 2.22. The second kappa shape index (κ2) is 6.50. The molecule has 1 aliphatic rings. The monoisotopic (exact) mass is 241 g/mol. The fraction of sp³-hybridized carbons (Fsp3) is 0.929. The molecule has 0 spiro atoms. The molecule has 17 heavy (non-hydrogen) atoms. The van der Waals surface area contributed by atoms with E-state index in [0.717, 1.165) is 39.1 Å². The van der Waals surface area contributed by atoms with Gasteiger partial charge >= 0.3 is 0 Å². The first-order chi connectivity index (χ1) is 7.98. The number of Topliss-reactive ketones (excluding diaryl/α,β-unsaturated/α-hetero) is 1. The maximum Gasteiger partial charge on any atom is 0.152 e. The molecule has 0 amide bonds. The van der Waals surface area contributed by atoms with E-state index >= 15 is 0 Å². The second-order valence-corrected chi connectivity index (χ2v) is 5.68. The van der Waals surface area contributed by atoms with Crippen molar-refractivity contribution < 1.29 is 9.53 Å². The average molecular weight is 241 g/mol. The van der Waals surface area contributed by atoms with Gasteiger partial charge in [0.15, 0.2) is 5.78 Å². The number of morpholine rings is 1. The third kappa shape index (κ3) is 4.07. The molecule has 0 radical (unpaired) electrons. The summed E-state index contributed by atoms with van der Waals surface area (Å²) in [5.74, 6) is 0.883. The van der Waals surface area contributed by atoms with Crippen molar-refractivity contribution >= 4 is 5.78 Å². The SMILES string of the molecule is CCCC(C)CC(=O)C(C)(C)N1CCOCC1. The van der Waals surface area contributed by atoms with Gasteiger partial charge in [0.1, 0.15) is 0 Å². The van der Waals surface area contributed by atoms with Crippen molar-refractivity contribution in [3.63, 3.8) is 0 Å². The number of ether oxygens (including phenoxy) is 1. The predicted molar refractivity (Wildman–Crippen MR) is 70.2 cm³/mol. The number of ketones is 1. The molecular formula is C14H27NO2. The normalized spacial score (nSPS) is 20.2. The number of nitrogens with zero attached hydrogens (tertiary/aromatic N) is 1. The summed E-state index contributed by atoms with van der Waals surface area (Å²) in [7, 11) is 0. The van der Waals surface area contributed by atoms with Crippen molar-refractivity contribution in [2.45, 2.75) is 52.5 Å². The lowest BCUT2D eigenvalue weighted by atomic mass is 9.88.